The average Bonchev–Trinajstić information content (AvgIpc) is 2.93. The third-order valence-electron chi connectivity index (χ3n) is 2.45. The lowest BCUT2D eigenvalue weighted by Gasteiger charge is -2.07. The molecule has 0 saturated carbocycles. The molecule has 20 heavy (non-hydrogen) atoms. The van der Waals surface area contributed by atoms with Gasteiger partial charge in [-0.15, -0.1) is 5.10 Å². The fraction of sp³-hybridized carbons (Fsp3) is 0.250. The maximum absolute atomic E-state index is 10.5. The summed E-state index contributed by atoms with van der Waals surface area (Å²) in [5, 5.41) is 15.7. The van der Waals surface area contributed by atoms with E-state index in [0.717, 1.165) is 17.3 Å². The van der Waals surface area contributed by atoms with Gasteiger partial charge in [-0.3, -0.25) is 9.89 Å². The molecule has 0 atom stereocenters. The van der Waals surface area contributed by atoms with Crippen molar-refractivity contribution in [3.63, 3.8) is 0 Å². The van der Waals surface area contributed by atoms with E-state index in [2.05, 4.69) is 15.2 Å². The first kappa shape index (κ1) is 14.2. The van der Waals surface area contributed by atoms with Crippen molar-refractivity contribution in [2.24, 2.45) is 0 Å². The van der Waals surface area contributed by atoms with Crippen molar-refractivity contribution in [2.45, 2.75) is 5.16 Å². The van der Waals surface area contributed by atoms with Crippen LogP contribution >= 0.6 is 11.8 Å². The van der Waals surface area contributed by atoms with Gasteiger partial charge in [0.1, 0.15) is 0 Å². The monoisotopic (exact) mass is 295 g/mol. The minimum absolute atomic E-state index is 0.0801. The summed E-state index contributed by atoms with van der Waals surface area (Å²) < 4.78 is 10.4. The molecule has 0 unspecified atom stereocenters. The van der Waals surface area contributed by atoms with Gasteiger partial charge >= 0.3 is 5.97 Å². The Morgan fingerprint density at radius 2 is 2.10 bits per heavy atom. The quantitative estimate of drug-likeness (QED) is 0.782. The summed E-state index contributed by atoms with van der Waals surface area (Å²) in [4.78, 5) is 14.7. The number of nitrogens with one attached hydrogen (secondary N) is 1. The molecule has 8 heteroatoms. The van der Waals surface area contributed by atoms with E-state index in [-0.39, 0.29) is 5.75 Å². The lowest BCUT2D eigenvalue weighted by molar-refractivity contribution is -0.133. The molecule has 1 heterocycles. The van der Waals surface area contributed by atoms with Crippen molar-refractivity contribution >= 4 is 17.7 Å². The smallest absolute Gasteiger partial charge is 0.313 e. The zero-order valence-corrected chi connectivity index (χ0v) is 11.7. The molecule has 0 bridgehead atoms. The number of H-pyrrole nitrogens is 1. The number of hydrogen-bond donors (Lipinski definition) is 2. The number of aliphatic carboxylic acids is 1. The first-order valence-corrected chi connectivity index (χ1v) is 6.62. The number of rotatable bonds is 6. The van der Waals surface area contributed by atoms with Crippen LogP contribution in [0.15, 0.2) is 23.4 Å². The second kappa shape index (κ2) is 6.29. The highest BCUT2D eigenvalue weighted by molar-refractivity contribution is 7.99. The Bertz CT molecular complexity index is 614. The number of hydrogen-bond acceptors (Lipinski definition) is 6. The fourth-order valence-electron chi connectivity index (χ4n) is 1.55. The molecule has 1 aromatic heterocycles. The SMILES string of the molecule is COc1ccc(-c2nc(SCC(=O)O)n[nH]2)cc1OC. The van der Waals surface area contributed by atoms with Crippen molar-refractivity contribution < 1.29 is 19.4 Å². The molecular weight excluding hydrogens is 282 g/mol. The van der Waals surface area contributed by atoms with Crippen LogP contribution in [0.3, 0.4) is 0 Å². The van der Waals surface area contributed by atoms with Gasteiger partial charge in [-0.25, -0.2) is 4.98 Å². The Morgan fingerprint density at radius 3 is 2.75 bits per heavy atom. The van der Waals surface area contributed by atoms with Gasteiger partial charge in [0.2, 0.25) is 5.16 Å². The highest BCUT2D eigenvalue weighted by atomic mass is 32.2. The van der Waals surface area contributed by atoms with Crippen LogP contribution in [-0.2, 0) is 4.79 Å². The highest BCUT2D eigenvalue weighted by Crippen LogP contribution is 2.31. The van der Waals surface area contributed by atoms with E-state index in [9.17, 15) is 4.79 Å². The van der Waals surface area contributed by atoms with Crippen LogP contribution in [-0.4, -0.2) is 46.2 Å². The second-order valence-corrected chi connectivity index (χ2v) is 4.66. The molecule has 2 N–H and O–H groups in total. The van der Waals surface area contributed by atoms with Gasteiger partial charge in [0, 0.05) is 5.56 Å². The largest absolute Gasteiger partial charge is 0.493 e. The van der Waals surface area contributed by atoms with Gasteiger partial charge in [0.15, 0.2) is 17.3 Å². The van der Waals surface area contributed by atoms with Gasteiger partial charge < -0.3 is 14.6 Å². The number of ether oxygens (including phenoxy) is 2. The van der Waals surface area contributed by atoms with E-state index in [1.165, 1.54) is 0 Å². The zero-order chi connectivity index (χ0) is 14.5. The number of carbonyl (C=O) groups is 1. The molecule has 2 rings (SSSR count). The third-order valence-corrected chi connectivity index (χ3v) is 3.28. The standard InChI is InChI=1S/C12H13N3O4S/c1-18-8-4-3-7(5-9(8)19-2)11-13-12(15-14-11)20-6-10(16)17/h3-5H,6H2,1-2H3,(H,16,17)(H,13,14,15). The number of thioether (sulfide) groups is 1. The van der Waals surface area contributed by atoms with E-state index >= 15 is 0 Å². The molecule has 106 valence electrons. The minimum Gasteiger partial charge on any atom is -0.493 e. The Hall–Kier alpha value is -2.22. The lowest BCUT2D eigenvalue weighted by Crippen LogP contribution is -1.97. The summed E-state index contributed by atoms with van der Waals surface area (Å²) >= 11 is 1.05. The van der Waals surface area contributed by atoms with Crippen LogP contribution in [0.1, 0.15) is 0 Å². The van der Waals surface area contributed by atoms with Gasteiger partial charge in [0.25, 0.3) is 0 Å². The Labute approximate surface area is 119 Å². The minimum atomic E-state index is -0.910. The number of carboxylic acids is 1. The average molecular weight is 295 g/mol. The van der Waals surface area contributed by atoms with Crippen molar-refractivity contribution in [1.82, 2.24) is 15.2 Å². The summed E-state index contributed by atoms with van der Waals surface area (Å²) in [6.45, 7) is 0. The maximum Gasteiger partial charge on any atom is 0.313 e. The number of carboxylic acid groups (broad SMARTS) is 1. The molecule has 0 saturated heterocycles. The van der Waals surface area contributed by atoms with Crippen molar-refractivity contribution in [3.8, 4) is 22.9 Å². The number of benzene rings is 1. The molecule has 0 aliphatic rings. The van der Waals surface area contributed by atoms with Crippen LogP contribution < -0.4 is 9.47 Å². The summed E-state index contributed by atoms with van der Waals surface area (Å²) in [7, 11) is 3.11. The normalized spacial score (nSPS) is 10.3. The number of aromatic nitrogens is 3. The molecular formula is C12H13N3O4S. The van der Waals surface area contributed by atoms with Crippen molar-refractivity contribution in [2.75, 3.05) is 20.0 Å². The van der Waals surface area contributed by atoms with Gasteiger partial charge in [-0.05, 0) is 18.2 Å². The molecule has 0 aliphatic carbocycles. The maximum atomic E-state index is 10.5. The molecule has 7 nitrogen and oxygen atoms in total. The Kier molecular flexibility index (Phi) is 4.46. The van der Waals surface area contributed by atoms with Gasteiger partial charge in [0.05, 0.1) is 20.0 Å². The predicted molar refractivity (Wildman–Crippen MR) is 73.3 cm³/mol. The van der Waals surface area contributed by atoms with Crippen LogP contribution in [0.4, 0.5) is 0 Å². The van der Waals surface area contributed by atoms with E-state index in [0.29, 0.717) is 22.5 Å². The molecule has 0 spiro atoms. The highest BCUT2D eigenvalue weighted by Gasteiger charge is 2.11. The van der Waals surface area contributed by atoms with Crippen LogP contribution in [0, 0.1) is 0 Å². The van der Waals surface area contributed by atoms with E-state index < -0.39 is 5.97 Å². The van der Waals surface area contributed by atoms with Gasteiger partial charge in [-0.1, -0.05) is 11.8 Å². The number of nitrogens with zero attached hydrogens (tertiary/aromatic N) is 2. The zero-order valence-electron chi connectivity index (χ0n) is 10.9. The fourth-order valence-corrected chi connectivity index (χ4v) is 2.07. The molecule has 1 aromatic carbocycles. The second-order valence-electron chi connectivity index (χ2n) is 3.72. The molecule has 2 aromatic rings. The predicted octanol–water partition coefficient (Wildman–Crippen LogP) is 1.67. The summed E-state index contributed by atoms with van der Waals surface area (Å²) in [6.07, 6.45) is 0. The van der Waals surface area contributed by atoms with Crippen LogP contribution in [0.25, 0.3) is 11.4 Å². The van der Waals surface area contributed by atoms with E-state index in [1.54, 1.807) is 26.4 Å². The molecule has 0 radical (unpaired) electrons. The van der Waals surface area contributed by atoms with E-state index in [1.807, 2.05) is 6.07 Å². The molecule has 0 aliphatic heterocycles. The summed E-state index contributed by atoms with van der Waals surface area (Å²) in [5.41, 5.74) is 0.775. The number of methoxy groups -OCH3 is 2. The summed E-state index contributed by atoms with van der Waals surface area (Å²) in [6, 6.07) is 5.35. The first-order valence-electron chi connectivity index (χ1n) is 5.63. The van der Waals surface area contributed by atoms with Crippen molar-refractivity contribution in [3.05, 3.63) is 18.2 Å². The topological polar surface area (TPSA) is 97.3 Å². The first-order chi connectivity index (χ1) is 9.63. The Morgan fingerprint density at radius 1 is 1.35 bits per heavy atom. The van der Waals surface area contributed by atoms with Gasteiger partial charge in [-0.2, -0.15) is 0 Å². The van der Waals surface area contributed by atoms with Crippen molar-refractivity contribution in [1.29, 1.82) is 0 Å². The summed E-state index contributed by atoms with van der Waals surface area (Å²) in [5.74, 6) is 0.757. The van der Waals surface area contributed by atoms with Crippen LogP contribution in [0.2, 0.25) is 0 Å². The van der Waals surface area contributed by atoms with E-state index in [4.69, 9.17) is 14.6 Å². The number of aromatic amines is 1. The van der Waals surface area contributed by atoms with Crippen LogP contribution in [0.5, 0.6) is 11.5 Å². The Balaban J connectivity index is 2.21. The molecule has 0 amide bonds. The third kappa shape index (κ3) is 3.21. The molecule has 0 fully saturated rings. The lowest BCUT2D eigenvalue weighted by atomic mass is 10.2.